The Balaban J connectivity index is 0.00000729. The molecule has 1 aromatic rings. The number of carbonyl (C=O) groups is 1. The number of hydrogen-bond donors (Lipinski definition) is 2. The van der Waals surface area contributed by atoms with Gasteiger partial charge in [-0.25, -0.2) is 4.99 Å². The van der Waals surface area contributed by atoms with E-state index in [4.69, 9.17) is 4.42 Å². The topological polar surface area (TPSA) is 73.1 Å². The Labute approximate surface area is 187 Å². The highest BCUT2D eigenvalue weighted by Gasteiger charge is 2.09. The van der Waals surface area contributed by atoms with Crippen molar-refractivity contribution in [2.75, 3.05) is 46.8 Å². The zero-order valence-corrected chi connectivity index (χ0v) is 20.4. The summed E-state index contributed by atoms with van der Waals surface area (Å²) in [6, 6.07) is 4.12. The first-order valence-corrected chi connectivity index (χ1v) is 9.95. The molecule has 0 bridgehead atoms. The van der Waals surface area contributed by atoms with Crippen molar-refractivity contribution in [1.82, 2.24) is 20.4 Å². The lowest BCUT2D eigenvalue weighted by atomic mass is 10.2. The van der Waals surface area contributed by atoms with Crippen molar-refractivity contribution in [3.8, 4) is 0 Å². The maximum absolute atomic E-state index is 11.8. The summed E-state index contributed by atoms with van der Waals surface area (Å²) in [5.41, 5.74) is 0. The molecule has 1 rings (SSSR count). The molecule has 0 saturated heterocycles. The second-order valence-electron chi connectivity index (χ2n) is 6.92. The van der Waals surface area contributed by atoms with Crippen molar-refractivity contribution in [3.05, 3.63) is 24.2 Å². The first kappa shape index (κ1) is 26.7. The molecule has 0 fully saturated rings. The van der Waals surface area contributed by atoms with E-state index in [-0.39, 0.29) is 42.5 Å². The molecular formula is C20H38IN5O2. The molecule has 0 radical (unpaired) electrons. The van der Waals surface area contributed by atoms with Gasteiger partial charge in [-0.3, -0.25) is 4.79 Å². The number of carbonyl (C=O) groups excluding carboxylic acids is 1. The standard InChI is InChI=1S/C20H37N5O2.HI/c1-6-25(7-2)14-8-10-17(3)23-20(22-16-19(26)24(4)5)21-13-12-18-11-9-15-27-18;/h9,11,15,17H,6-8,10,12-14,16H2,1-5H3,(H2,21,22,23);1H. The zero-order valence-electron chi connectivity index (χ0n) is 18.0. The van der Waals surface area contributed by atoms with Crippen molar-refractivity contribution < 1.29 is 9.21 Å². The Morgan fingerprint density at radius 2 is 2.00 bits per heavy atom. The minimum absolute atomic E-state index is 0. The van der Waals surface area contributed by atoms with E-state index >= 15 is 0 Å². The highest BCUT2D eigenvalue weighted by Crippen LogP contribution is 2.01. The quantitative estimate of drug-likeness (QED) is 0.259. The van der Waals surface area contributed by atoms with E-state index in [1.54, 1.807) is 25.3 Å². The summed E-state index contributed by atoms with van der Waals surface area (Å²) in [7, 11) is 3.48. The Bertz CT molecular complexity index is 545. The number of guanidine groups is 1. The number of amides is 1. The predicted octanol–water partition coefficient (Wildman–Crippen LogP) is 2.57. The van der Waals surface area contributed by atoms with E-state index < -0.39 is 0 Å². The van der Waals surface area contributed by atoms with Gasteiger partial charge < -0.3 is 24.9 Å². The molecule has 7 nitrogen and oxygen atoms in total. The number of aliphatic imine (C=N–C) groups is 1. The molecule has 8 heteroatoms. The Hall–Kier alpha value is -1.29. The summed E-state index contributed by atoms with van der Waals surface area (Å²) in [6.07, 6.45) is 4.63. The molecule has 1 heterocycles. The van der Waals surface area contributed by atoms with E-state index in [2.05, 4.69) is 41.3 Å². The molecule has 1 atom stereocenters. The van der Waals surface area contributed by atoms with Crippen LogP contribution < -0.4 is 10.6 Å². The van der Waals surface area contributed by atoms with Gasteiger partial charge >= 0.3 is 0 Å². The van der Waals surface area contributed by atoms with Crippen molar-refractivity contribution >= 4 is 35.8 Å². The van der Waals surface area contributed by atoms with Crippen LogP contribution in [0.3, 0.4) is 0 Å². The zero-order chi connectivity index (χ0) is 20.1. The van der Waals surface area contributed by atoms with Crippen LogP contribution in [0.5, 0.6) is 0 Å². The average molecular weight is 507 g/mol. The molecule has 0 aliphatic heterocycles. The molecule has 0 aliphatic rings. The van der Waals surface area contributed by atoms with E-state index in [0.717, 1.165) is 44.7 Å². The Morgan fingerprint density at radius 3 is 2.57 bits per heavy atom. The average Bonchev–Trinajstić information content (AvgIpc) is 3.16. The number of halogens is 1. The van der Waals surface area contributed by atoms with Gasteiger partial charge in [-0.15, -0.1) is 24.0 Å². The first-order valence-electron chi connectivity index (χ1n) is 9.95. The number of rotatable bonds is 12. The molecule has 162 valence electrons. The lowest BCUT2D eigenvalue weighted by Gasteiger charge is -2.21. The van der Waals surface area contributed by atoms with Crippen LogP contribution in [0.2, 0.25) is 0 Å². The van der Waals surface area contributed by atoms with E-state index in [9.17, 15) is 4.79 Å². The number of hydrogen-bond acceptors (Lipinski definition) is 4. The Morgan fingerprint density at radius 1 is 1.29 bits per heavy atom. The fourth-order valence-corrected chi connectivity index (χ4v) is 2.67. The molecule has 0 aliphatic carbocycles. The van der Waals surface area contributed by atoms with Crippen LogP contribution in [0.25, 0.3) is 0 Å². The van der Waals surface area contributed by atoms with Crippen LogP contribution in [0.4, 0.5) is 0 Å². The number of nitrogens with one attached hydrogen (secondary N) is 2. The summed E-state index contributed by atoms with van der Waals surface area (Å²) in [4.78, 5) is 20.3. The second kappa shape index (κ2) is 15.6. The predicted molar refractivity (Wildman–Crippen MR) is 126 cm³/mol. The molecule has 2 N–H and O–H groups in total. The van der Waals surface area contributed by atoms with Crippen LogP contribution in [0, 0.1) is 0 Å². The van der Waals surface area contributed by atoms with Crippen LogP contribution in [0.1, 0.15) is 39.4 Å². The minimum Gasteiger partial charge on any atom is -0.469 e. The number of likely N-dealkylation sites (N-methyl/N-ethyl adjacent to an activating group) is 1. The van der Waals surface area contributed by atoms with Gasteiger partial charge in [0.05, 0.1) is 6.26 Å². The second-order valence-corrected chi connectivity index (χ2v) is 6.92. The molecule has 0 saturated carbocycles. The van der Waals surface area contributed by atoms with Crippen molar-refractivity contribution in [3.63, 3.8) is 0 Å². The molecule has 0 aromatic carbocycles. The van der Waals surface area contributed by atoms with Crippen molar-refractivity contribution in [2.24, 2.45) is 4.99 Å². The normalized spacial score (nSPS) is 12.4. The van der Waals surface area contributed by atoms with Gasteiger partial charge in [0.15, 0.2) is 5.96 Å². The smallest absolute Gasteiger partial charge is 0.243 e. The first-order chi connectivity index (χ1) is 13.0. The van der Waals surface area contributed by atoms with Crippen LogP contribution in [-0.2, 0) is 11.2 Å². The van der Waals surface area contributed by atoms with Crippen LogP contribution >= 0.6 is 24.0 Å². The lowest BCUT2D eigenvalue weighted by Crippen LogP contribution is -2.44. The van der Waals surface area contributed by atoms with E-state index in [0.29, 0.717) is 12.5 Å². The van der Waals surface area contributed by atoms with Gasteiger partial charge in [0.2, 0.25) is 5.91 Å². The highest BCUT2D eigenvalue weighted by atomic mass is 127. The third-order valence-corrected chi connectivity index (χ3v) is 4.50. The third-order valence-electron chi connectivity index (χ3n) is 4.50. The van der Waals surface area contributed by atoms with Gasteiger partial charge in [-0.05, 0) is 51.5 Å². The highest BCUT2D eigenvalue weighted by molar-refractivity contribution is 14.0. The van der Waals surface area contributed by atoms with Gasteiger partial charge in [-0.1, -0.05) is 13.8 Å². The number of nitrogens with zero attached hydrogens (tertiary/aromatic N) is 3. The number of furan rings is 1. The maximum Gasteiger partial charge on any atom is 0.243 e. The van der Waals surface area contributed by atoms with E-state index in [1.807, 2.05) is 12.1 Å². The summed E-state index contributed by atoms with van der Waals surface area (Å²) >= 11 is 0. The fraction of sp³-hybridized carbons (Fsp3) is 0.700. The SMILES string of the molecule is CCN(CC)CCCC(C)NC(=NCC(=O)N(C)C)NCCc1ccco1.I. The van der Waals surface area contributed by atoms with Gasteiger partial charge in [-0.2, -0.15) is 0 Å². The van der Waals surface area contributed by atoms with Gasteiger partial charge in [0, 0.05) is 33.1 Å². The summed E-state index contributed by atoms with van der Waals surface area (Å²) in [5, 5.41) is 6.72. The molecule has 0 spiro atoms. The summed E-state index contributed by atoms with van der Waals surface area (Å²) < 4.78 is 5.36. The van der Waals surface area contributed by atoms with Crippen molar-refractivity contribution in [2.45, 2.75) is 46.1 Å². The van der Waals surface area contributed by atoms with Crippen LogP contribution in [-0.4, -0.2) is 74.5 Å². The van der Waals surface area contributed by atoms with Crippen LogP contribution in [0.15, 0.2) is 27.8 Å². The molecule has 1 amide bonds. The molecule has 1 aromatic heterocycles. The van der Waals surface area contributed by atoms with Gasteiger partial charge in [0.1, 0.15) is 12.3 Å². The van der Waals surface area contributed by atoms with Gasteiger partial charge in [0.25, 0.3) is 0 Å². The summed E-state index contributed by atoms with van der Waals surface area (Å²) in [6.45, 7) is 10.7. The largest absolute Gasteiger partial charge is 0.469 e. The maximum atomic E-state index is 11.8. The molecular weight excluding hydrogens is 469 g/mol. The van der Waals surface area contributed by atoms with E-state index in [1.165, 1.54) is 0 Å². The summed E-state index contributed by atoms with van der Waals surface area (Å²) in [5.74, 6) is 1.59. The monoisotopic (exact) mass is 507 g/mol. The Kier molecular flexibility index (Phi) is 14.9. The molecule has 1 unspecified atom stereocenters. The lowest BCUT2D eigenvalue weighted by molar-refractivity contribution is -0.127. The molecule has 28 heavy (non-hydrogen) atoms. The van der Waals surface area contributed by atoms with Crippen molar-refractivity contribution in [1.29, 1.82) is 0 Å². The third kappa shape index (κ3) is 11.5. The minimum atomic E-state index is -0.0173. The fourth-order valence-electron chi connectivity index (χ4n) is 2.67.